The van der Waals surface area contributed by atoms with Gasteiger partial charge in [-0.25, -0.2) is 9.67 Å². The summed E-state index contributed by atoms with van der Waals surface area (Å²) in [6.07, 6.45) is 1.80. The van der Waals surface area contributed by atoms with Gasteiger partial charge in [0.1, 0.15) is 5.82 Å². The van der Waals surface area contributed by atoms with Crippen molar-refractivity contribution in [3.63, 3.8) is 0 Å². The Hall–Kier alpha value is -2.36. The van der Waals surface area contributed by atoms with Crippen LogP contribution in [0.1, 0.15) is 0 Å². The Bertz CT molecular complexity index is 642. The number of hydrogen-bond donors (Lipinski definition) is 1. The molecule has 4 nitrogen and oxygen atoms in total. The second kappa shape index (κ2) is 3.34. The van der Waals surface area contributed by atoms with Crippen LogP contribution in [0, 0.1) is 0 Å². The van der Waals surface area contributed by atoms with Crippen LogP contribution >= 0.6 is 0 Å². The van der Waals surface area contributed by atoms with Crippen molar-refractivity contribution in [1.82, 2.24) is 14.8 Å². The fraction of sp³-hybridized carbons (Fsp3) is 0. The molecule has 2 N–H and O–H groups in total. The van der Waals surface area contributed by atoms with E-state index >= 15 is 0 Å². The molecule has 0 saturated carbocycles. The summed E-state index contributed by atoms with van der Waals surface area (Å²) < 4.78 is 1.67. The Morgan fingerprint density at radius 3 is 2.69 bits per heavy atom. The summed E-state index contributed by atoms with van der Waals surface area (Å²) in [6.45, 7) is 0. The third-order valence-electron chi connectivity index (χ3n) is 2.43. The molecule has 0 radical (unpaired) electrons. The van der Waals surface area contributed by atoms with Gasteiger partial charge in [-0.05, 0) is 18.2 Å². The maximum absolute atomic E-state index is 5.57. The fourth-order valence-electron chi connectivity index (χ4n) is 1.65. The minimum atomic E-state index is 0.495. The summed E-state index contributed by atoms with van der Waals surface area (Å²) in [5.41, 5.74) is 6.52. The van der Waals surface area contributed by atoms with Crippen LogP contribution in [0.2, 0.25) is 0 Å². The molecule has 0 atom stereocenters. The average Bonchev–Trinajstić information content (AvgIpc) is 2.75. The lowest BCUT2D eigenvalue weighted by molar-refractivity contribution is 0.857. The molecule has 0 aliphatic heterocycles. The maximum Gasteiger partial charge on any atom is 0.154 e. The highest BCUT2D eigenvalue weighted by atomic mass is 15.3. The van der Waals surface area contributed by atoms with Crippen LogP contribution in [0.3, 0.4) is 0 Å². The molecule has 0 saturated heterocycles. The number of fused-ring (bicyclic) bond motifs is 1. The molecule has 1 aromatic carbocycles. The Balaban J connectivity index is 2.18. The van der Waals surface area contributed by atoms with E-state index in [0.29, 0.717) is 5.82 Å². The second-order valence-electron chi connectivity index (χ2n) is 3.55. The van der Waals surface area contributed by atoms with Gasteiger partial charge in [0.05, 0.1) is 5.52 Å². The number of hydrogen-bond acceptors (Lipinski definition) is 3. The summed E-state index contributed by atoms with van der Waals surface area (Å²) in [5, 5.41) is 5.24. The average molecular weight is 210 g/mol. The smallest absolute Gasteiger partial charge is 0.154 e. The number of nitrogens with two attached hydrogens (primary N) is 1. The molecule has 2 aromatic heterocycles. The van der Waals surface area contributed by atoms with Crippen molar-refractivity contribution < 1.29 is 0 Å². The number of aromatic nitrogens is 3. The number of para-hydroxylation sites is 1. The van der Waals surface area contributed by atoms with E-state index < -0.39 is 0 Å². The van der Waals surface area contributed by atoms with E-state index in [0.717, 1.165) is 16.7 Å². The molecule has 0 spiro atoms. The molecule has 16 heavy (non-hydrogen) atoms. The van der Waals surface area contributed by atoms with Gasteiger partial charge in [0.15, 0.2) is 5.82 Å². The first-order chi connectivity index (χ1) is 7.83. The van der Waals surface area contributed by atoms with Gasteiger partial charge >= 0.3 is 0 Å². The quantitative estimate of drug-likeness (QED) is 0.668. The van der Waals surface area contributed by atoms with Crippen molar-refractivity contribution in [3.05, 3.63) is 48.7 Å². The van der Waals surface area contributed by atoms with Crippen LogP contribution in [0.25, 0.3) is 16.7 Å². The van der Waals surface area contributed by atoms with Crippen LogP contribution in [-0.2, 0) is 0 Å². The van der Waals surface area contributed by atoms with E-state index in [4.69, 9.17) is 5.73 Å². The number of anilines is 1. The maximum atomic E-state index is 5.57. The summed E-state index contributed by atoms with van der Waals surface area (Å²) in [4.78, 5) is 4.50. The number of benzene rings is 1. The standard InChI is InChI=1S/C12H10N4/c13-11-7-8-16(15-11)12-6-5-9-3-1-2-4-10(9)14-12/h1-8H,(H2,13,15). The molecule has 0 unspecified atom stereocenters. The summed E-state index contributed by atoms with van der Waals surface area (Å²) in [6, 6.07) is 13.7. The molecule has 0 aliphatic rings. The lowest BCUT2D eigenvalue weighted by Crippen LogP contribution is -1.99. The number of pyridine rings is 1. The molecule has 0 bridgehead atoms. The molecule has 78 valence electrons. The van der Waals surface area contributed by atoms with Gasteiger partial charge in [-0.1, -0.05) is 18.2 Å². The van der Waals surface area contributed by atoms with E-state index in [9.17, 15) is 0 Å². The number of nitrogen functional groups attached to an aromatic ring is 1. The van der Waals surface area contributed by atoms with Gasteiger partial charge in [0.25, 0.3) is 0 Å². The molecule has 3 aromatic rings. The minimum absolute atomic E-state index is 0.495. The highest BCUT2D eigenvalue weighted by Crippen LogP contribution is 2.14. The third kappa shape index (κ3) is 1.40. The summed E-state index contributed by atoms with van der Waals surface area (Å²) in [7, 11) is 0. The normalized spacial score (nSPS) is 10.8. The zero-order valence-electron chi connectivity index (χ0n) is 8.54. The van der Waals surface area contributed by atoms with Crippen LogP contribution in [0.15, 0.2) is 48.7 Å². The first-order valence-electron chi connectivity index (χ1n) is 5.00. The van der Waals surface area contributed by atoms with E-state index in [1.54, 1.807) is 16.9 Å². The first-order valence-corrected chi connectivity index (χ1v) is 5.00. The largest absolute Gasteiger partial charge is 0.382 e. The van der Waals surface area contributed by atoms with Gasteiger partial charge in [-0.15, -0.1) is 5.10 Å². The monoisotopic (exact) mass is 210 g/mol. The van der Waals surface area contributed by atoms with Gasteiger partial charge in [-0.2, -0.15) is 0 Å². The van der Waals surface area contributed by atoms with Crippen LogP contribution < -0.4 is 5.73 Å². The lowest BCUT2D eigenvalue weighted by Gasteiger charge is -2.02. The van der Waals surface area contributed by atoms with Gasteiger partial charge in [0.2, 0.25) is 0 Å². The van der Waals surface area contributed by atoms with Crippen molar-refractivity contribution >= 4 is 16.7 Å². The Morgan fingerprint density at radius 1 is 1.00 bits per heavy atom. The molecule has 0 amide bonds. The molecular weight excluding hydrogens is 200 g/mol. The van der Waals surface area contributed by atoms with Gasteiger partial charge < -0.3 is 5.73 Å². The highest BCUT2D eigenvalue weighted by Gasteiger charge is 2.01. The lowest BCUT2D eigenvalue weighted by atomic mass is 10.2. The third-order valence-corrected chi connectivity index (χ3v) is 2.43. The molecule has 0 fully saturated rings. The minimum Gasteiger partial charge on any atom is -0.382 e. The SMILES string of the molecule is Nc1ccn(-c2ccc3ccccc3n2)n1. The van der Waals surface area contributed by atoms with E-state index in [2.05, 4.69) is 10.1 Å². The summed E-state index contributed by atoms with van der Waals surface area (Å²) >= 11 is 0. The zero-order chi connectivity index (χ0) is 11.0. The molecule has 4 heteroatoms. The van der Waals surface area contributed by atoms with E-state index in [-0.39, 0.29) is 0 Å². The van der Waals surface area contributed by atoms with Crippen LogP contribution in [0.5, 0.6) is 0 Å². The Labute approximate surface area is 92.3 Å². The van der Waals surface area contributed by atoms with Crippen molar-refractivity contribution in [1.29, 1.82) is 0 Å². The predicted molar refractivity (Wildman–Crippen MR) is 63.3 cm³/mol. The second-order valence-corrected chi connectivity index (χ2v) is 3.55. The first kappa shape index (κ1) is 8.91. The topological polar surface area (TPSA) is 56.7 Å². The number of nitrogens with zero attached hydrogens (tertiary/aromatic N) is 3. The Kier molecular flexibility index (Phi) is 1.86. The Morgan fingerprint density at radius 2 is 1.88 bits per heavy atom. The van der Waals surface area contributed by atoms with Gasteiger partial charge in [0, 0.05) is 17.6 Å². The van der Waals surface area contributed by atoms with E-state index in [1.807, 2.05) is 36.4 Å². The van der Waals surface area contributed by atoms with Crippen molar-refractivity contribution in [2.75, 3.05) is 5.73 Å². The van der Waals surface area contributed by atoms with Crippen LogP contribution in [0.4, 0.5) is 5.82 Å². The van der Waals surface area contributed by atoms with Crippen molar-refractivity contribution in [2.45, 2.75) is 0 Å². The number of rotatable bonds is 1. The van der Waals surface area contributed by atoms with Crippen molar-refractivity contribution in [2.24, 2.45) is 0 Å². The van der Waals surface area contributed by atoms with Crippen LogP contribution in [-0.4, -0.2) is 14.8 Å². The van der Waals surface area contributed by atoms with Gasteiger partial charge in [-0.3, -0.25) is 0 Å². The van der Waals surface area contributed by atoms with E-state index in [1.165, 1.54) is 0 Å². The molecule has 3 rings (SSSR count). The molecule has 0 aliphatic carbocycles. The molecule has 2 heterocycles. The zero-order valence-corrected chi connectivity index (χ0v) is 8.54. The summed E-state index contributed by atoms with van der Waals surface area (Å²) in [5.74, 6) is 1.27. The fourth-order valence-corrected chi connectivity index (χ4v) is 1.65. The van der Waals surface area contributed by atoms with Crippen molar-refractivity contribution in [3.8, 4) is 5.82 Å². The predicted octanol–water partition coefficient (Wildman–Crippen LogP) is 2.00. The highest BCUT2D eigenvalue weighted by molar-refractivity contribution is 5.79. The molecular formula is C12H10N4.